The number of hydrogen-bond acceptors (Lipinski definition) is 5. The van der Waals surface area contributed by atoms with Crippen LogP contribution in [0.25, 0.3) is 0 Å². The van der Waals surface area contributed by atoms with Gasteiger partial charge in [0.25, 0.3) is 5.91 Å². The molecule has 3 aromatic carbocycles. The highest BCUT2D eigenvalue weighted by Gasteiger charge is 2.34. The molecule has 6 nitrogen and oxygen atoms in total. The number of rotatable bonds is 7. The maximum atomic E-state index is 12.9. The van der Waals surface area contributed by atoms with Crippen LogP contribution in [0.4, 0.5) is 11.4 Å². The van der Waals surface area contributed by atoms with E-state index in [1.165, 1.54) is 5.56 Å². The Labute approximate surface area is 204 Å². The summed E-state index contributed by atoms with van der Waals surface area (Å²) >= 11 is 1.58. The van der Waals surface area contributed by atoms with Crippen LogP contribution in [0.5, 0.6) is 11.5 Å². The van der Waals surface area contributed by atoms with Gasteiger partial charge in [0.05, 0.1) is 20.0 Å². The summed E-state index contributed by atoms with van der Waals surface area (Å²) < 4.78 is 10.5. The van der Waals surface area contributed by atoms with E-state index in [1.807, 2.05) is 41.3 Å². The molecule has 34 heavy (non-hydrogen) atoms. The fourth-order valence-corrected chi connectivity index (χ4v) is 5.05. The maximum Gasteiger partial charge on any atom is 0.255 e. The lowest BCUT2D eigenvalue weighted by atomic mass is 10.0. The summed E-state index contributed by atoms with van der Waals surface area (Å²) in [7, 11) is 3.09. The van der Waals surface area contributed by atoms with Gasteiger partial charge in [0.15, 0.2) is 0 Å². The number of ether oxygens (including phenoxy) is 2. The number of anilines is 2. The maximum absolute atomic E-state index is 12.9. The average molecular weight is 477 g/mol. The van der Waals surface area contributed by atoms with Gasteiger partial charge in [0, 0.05) is 23.0 Å². The van der Waals surface area contributed by atoms with Crippen LogP contribution in [0.3, 0.4) is 0 Å². The molecule has 1 fully saturated rings. The SMILES string of the molecule is COc1cc(OC)cc(C(=O)Nc2cccc([C@H]3SCC(=O)N3c3ccc(C(C)C)cc3)c2)c1. The number of amides is 2. The van der Waals surface area contributed by atoms with E-state index in [1.54, 1.807) is 44.2 Å². The molecule has 1 saturated heterocycles. The molecule has 0 radical (unpaired) electrons. The Hall–Kier alpha value is -3.45. The Kier molecular flexibility index (Phi) is 7.12. The number of thioether (sulfide) groups is 1. The van der Waals surface area contributed by atoms with Crippen LogP contribution in [-0.4, -0.2) is 31.8 Å². The van der Waals surface area contributed by atoms with Crippen molar-refractivity contribution < 1.29 is 19.1 Å². The zero-order valence-corrected chi connectivity index (χ0v) is 20.5. The van der Waals surface area contributed by atoms with E-state index < -0.39 is 0 Å². The first-order valence-corrected chi connectivity index (χ1v) is 12.1. The normalized spacial score (nSPS) is 15.5. The number of nitrogens with zero attached hydrogens (tertiary/aromatic N) is 1. The largest absolute Gasteiger partial charge is 0.497 e. The fourth-order valence-electron chi connectivity index (χ4n) is 3.88. The molecule has 2 amide bonds. The molecule has 0 aliphatic carbocycles. The van der Waals surface area contributed by atoms with Gasteiger partial charge < -0.3 is 14.8 Å². The van der Waals surface area contributed by atoms with Gasteiger partial charge in [-0.15, -0.1) is 11.8 Å². The van der Waals surface area contributed by atoms with Gasteiger partial charge >= 0.3 is 0 Å². The summed E-state index contributed by atoms with van der Waals surface area (Å²) in [6, 6.07) is 20.8. The fraction of sp³-hybridized carbons (Fsp3) is 0.259. The molecule has 0 saturated carbocycles. The second-order valence-corrected chi connectivity index (χ2v) is 9.42. The van der Waals surface area contributed by atoms with Crippen molar-refractivity contribution in [3.8, 4) is 11.5 Å². The monoisotopic (exact) mass is 476 g/mol. The molecule has 7 heteroatoms. The summed E-state index contributed by atoms with van der Waals surface area (Å²) in [4.78, 5) is 27.5. The summed E-state index contributed by atoms with van der Waals surface area (Å²) in [6.45, 7) is 4.30. The van der Waals surface area contributed by atoms with Crippen LogP contribution in [0.1, 0.15) is 46.6 Å². The third-order valence-corrected chi connectivity index (χ3v) is 6.96. The van der Waals surface area contributed by atoms with Crippen LogP contribution in [0, 0.1) is 0 Å². The molecule has 176 valence electrons. The third kappa shape index (κ3) is 5.04. The van der Waals surface area contributed by atoms with Gasteiger partial charge in [0.1, 0.15) is 16.9 Å². The highest BCUT2D eigenvalue weighted by molar-refractivity contribution is 8.00. The zero-order chi connectivity index (χ0) is 24.2. The molecule has 1 atom stereocenters. The molecule has 3 aromatic rings. The van der Waals surface area contributed by atoms with Crippen LogP contribution in [0.2, 0.25) is 0 Å². The van der Waals surface area contributed by atoms with Gasteiger partial charge in [-0.05, 0) is 53.4 Å². The van der Waals surface area contributed by atoms with Crippen LogP contribution in [-0.2, 0) is 4.79 Å². The number of hydrogen-bond donors (Lipinski definition) is 1. The van der Waals surface area contributed by atoms with Gasteiger partial charge in [-0.25, -0.2) is 0 Å². The Bertz CT molecular complexity index is 1170. The van der Waals surface area contributed by atoms with Crippen molar-refractivity contribution in [2.75, 3.05) is 30.2 Å². The van der Waals surface area contributed by atoms with Gasteiger partial charge in [0.2, 0.25) is 5.91 Å². The molecular formula is C27H28N2O4S. The number of carbonyl (C=O) groups is 2. The second-order valence-electron chi connectivity index (χ2n) is 8.35. The lowest BCUT2D eigenvalue weighted by Gasteiger charge is -2.25. The van der Waals surface area contributed by atoms with Gasteiger partial charge in [-0.3, -0.25) is 14.5 Å². The molecule has 0 bridgehead atoms. The number of carbonyl (C=O) groups excluding carboxylic acids is 2. The minimum Gasteiger partial charge on any atom is -0.497 e. The minimum atomic E-state index is -0.273. The highest BCUT2D eigenvalue weighted by atomic mass is 32.2. The molecule has 4 rings (SSSR count). The van der Waals surface area contributed by atoms with E-state index in [0.717, 1.165) is 11.3 Å². The van der Waals surface area contributed by atoms with Crippen molar-refractivity contribution in [1.29, 1.82) is 0 Å². The summed E-state index contributed by atoms with van der Waals surface area (Å²) in [6.07, 6.45) is 0. The highest BCUT2D eigenvalue weighted by Crippen LogP contribution is 2.42. The Morgan fingerprint density at radius 2 is 1.68 bits per heavy atom. The van der Waals surface area contributed by atoms with E-state index in [4.69, 9.17) is 9.47 Å². The van der Waals surface area contributed by atoms with Crippen molar-refractivity contribution in [2.45, 2.75) is 25.1 Å². The Balaban J connectivity index is 1.57. The van der Waals surface area contributed by atoms with Gasteiger partial charge in [-0.2, -0.15) is 0 Å². The number of benzene rings is 3. The Morgan fingerprint density at radius 1 is 1.00 bits per heavy atom. The predicted molar refractivity (Wildman–Crippen MR) is 137 cm³/mol. The third-order valence-electron chi connectivity index (χ3n) is 5.75. The lowest BCUT2D eigenvalue weighted by molar-refractivity contribution is -0.115. The molecule has 1 N–H and O–H groups in total. The average Bonchev–Trinajstić information content (AvgIpc) is 3.25. The van der Waals surface area contributed by atoms with Crippen LogP contribution in [0.15, 0.2) is 66.7 Å². The quantitative estimate of drug-likeness (QED) is 0.463. The van der Waals surface area contributed by atoms with E-state index in [9.17, 15) is 9.59 Å². The topological polar surface area (TPSA) is 67.9 Å². The second kappa shape index (κ2) is 10.2. The lowest BCUT2D eigenvalue weighted by Crippen LogP contribution is -2.27. The van der Waals surface area contributed by atoms with Crippen LogP contribution < -0.4 is 19.7 Å². The number of methoxy groups -OCH3 is 2. The predicted octanol–water partition coefficient (Wildman–Crippen LogP) is 5.86. The summed E-state index contributed by atoms with van der Waals surface area (Å²) in [5.74, 6) is 1.72. The molecule has 0 spiro atoms. The van der Waals surface area contributed by atoms with Crippen molar-refractivity contribution in [1.82, 2.24) is 0 Å². The molecule has 1 heterocycles. The first-order chi connectivity index (χ1) is 16.4. The molecule has 1 aliphatic rings. The molecule has 0 unspecified atom stereocenters. The molecule has 0 aromatic heterocycles. The summed E-state index contributed by atoms with van der Waals surface area (Å²) in [5.41, 5.74) is 4.14. The smallest absolute Gasteiger partial charge is 0.255 e. The molecule has 1 aliphatic heterocycles. The van der Waals surface area contributed by atoms with E-state index in [0.29, 0.717) is 34.4 Å². The first-order valence-electron chi connectivity index (χ1n) is 11.1. The van der Waals surface area contributed by atoms with Crippen molar-refractivity contribution in [2.24, 2.45) is 0 Å². The zero-order valence-electron chi connectivity index (χ0n) is 19.7. The minimum absolute atomic E-state index is 0.0743. The number of nitrogens with one attached hydrogen (secondary N) is 1. The van der Waals surface area contributed by atoms with Crippen molar-refractivity contribution >= 4 is 35.0 Å². The first kappa shape index (κ1) is 23.7. The van der Waals surface area contributed by atoms with E-state index >= 15 is 0 Å². The van der Waals surface area contributed by atoms with Gasteiger partial charge in [-0.1, -0.05) is 38.1 Å². The summed E-state index contributed by atoms with van der Waals surface area (Å²) in [5, 5.41) is 2.79. The Morgan fingerprint density at radius 3 is 2.29 bits per heavy atom. The van der Waals surface area contributed by atoms with Crippen molar-refractivity contribution in [3.63, 3.8) is 0 Å². The molecular weight excluding hydrogens is 448 g/mol. The van der Waals surface area contributed by atoms with E-state index in [2.05, 4.69) is 31.3 Å². The van der Waals surface area contributed by atoms with Crippen LogP contribution >= 0.6 is 11.8 Å². The van der Waals surface area contributed by atoms with Crippen molar-refractivity contribution in [3.05, 3.63) is 83.4 Å². The van der Waals surface area contributed by atoms with E-state index in [-0.39, 0.29) is 17.2 Å². The standard InChI is InChI=1S/C27H28N2O4S/c1-17(2)18-8-10-22(11-9-18)29-25(30)16-34-27(29)19-6-5-7-21(12-19)28-26(31)20-13-23(32-3)15-24(14-20)33-4/h5-15,17,27H,16H2,1-4H3,(H,28,31)/t27-/m1/s1.